The van der Waals surface area contributed by atoms with Crippen LogP contribution in [-0.4, -0.2) is 18.1 Å². The van der Waals surface area contributed by atoms with Crippen molar-refractivity contribution >= 4 is 17.0 Å². The standard InChI is InChI=1S/C16H20N2/c1-13(2)12-17-10-4-8-14-6-3-7-15-9-5-11-18-16(14)15/h3-9,11,13,17H,10,12H2,1-2H3. The van der Waals surface area contributed by atoms with E-state index in [1.807, 2.05) is 12.3 Å². The molecule has 0 unspecified atom stereocenters. The third kappa shape index (κ3) is 3.41. The SMILES string of the molecule is CC(C)CNCC=Cc1cccc2cccnc12. The highest BCUT2D eigenvalue weighted by Gasteiger charge is 1.97. The number of hydrogen-bond donors (Lipinski definition) is 1. The van der Waals surface area contributed by atoms with Gasteiger partial charge in [0.15, 0.2) is 0 Å². The van der Waals surface area contributed by atoms with Crippen LogP contribution in [0.2, 0.25) is 0 Å². The average Bonchev–Trinajstić information content (AvgIpc) is 2.38. The molecule has 0 radical (unpaired) electrons. The Morgan fingerprint density at radius 2 is 2.06 bits per heavy atom. The van der Waals surface area contributed by atoms with E-state index in [1.54, 1.807) is 0 Å². The molecule has 1 aromatic carbocycles. The second-order valence-corrected chi connectivity index (χ2v) is 4.88. The summed E-state index contributed by atoms with van der Waals surface area (Å²) in [6.07, 6.45) is 6.14. The second kappa shape index (κ2) is 6.31. The van der Waals surface area contributed by atoms with Gasteiger partial charge in [0.05, 0.1) is 5.52 Å². The van der Waals surface area contributed by atoms with Gasteiger partial charge in [-0.1, -0.05) is 50.3 Å². The number of fused-ring (bicyclic) bond motifs is 1. The number of nitrogens with zero attached hydrogens (tertiary/aromatic N) is 1. The zero-order chi connectivity index (χ0) is 12.8. The number of aromatic nitrogens is 1. The van der Waals surface area contributed by atoms with Crippen LogP contribution < -0.4 is 5.32 Å². The molecule has 0 aliphatic carbocycles. The van der Waals surface area contributed by atoms with Crippen molar-refractivity contribution in [2.24, 2.45) is 5.92 Å². The van der Waals surface area contributed by atoms with E-state index in [2.05, 4.69) is 60.6 Å². The van der Waals surface area contributed by atoms with Gasteiger partial charge in [-0.3, -0.25) is 4.98 Å². The van der Waals surface area contributed by atoms with Gasteiger partial charge >= 0.3 is 0 Å². The fraction of sp³-hybridized carbons (Fsp3) is 0.312. The van der Waals surface area contributed by atoms with Crippen LogP contribution in [0, 0.1) is 5.92 Å². The smallest absolute Gasteiger partial charge is 0.0774 e. The molecule has 0 aliphatic heterocycles. The van der Waals surface area contributed by atoms with Crippen molar-refractivity contribution in [3.05, 3.63) is 48.2 Å². The lowest BCUT2D eigenvalue weighted by Gasteiger charge is -2.04. The van der Waals surface area contributed by atoms with Crippen molar-refractivity contribution in [1.82, 2.24) is 10.3 Å². The van der Waals surface area contributed by atoms with Crippen LogP contribution in [0.1, 0.15) is 19.4 Å². The molecule has 0 saturated heterocycles. The molecule has 0 aliphatic rings. The third-order valence-corrected chi connectivity index (χ3v) is 2.78. The normalized spacial score (nSPS) is 11.7. The summed E-state index contributed by atoms with van der Waals surface area (Å²) in [5.41, 5.74) is 2.25. The molecule has 2 nitrogen and oxygen atoms in total. The Labute approximate surface area is 109 Å². The minimum Gasteiger partial charge on any atom is -0.313 e. The zero-order valence-corrected chi connectivity index (χ0v) is 11.1. The molecular weight excluding hydrogens is 220 g/mol. The lowest BCUT2D eigenvalue weighted by Crippen LogP contribution is -2.19. The summed E-state index contributed by atoms with van der Waals surface area (Å²) in [6.45, 7) is 6.39. The van der Waals surface area contributed by atoms with Crippen LogP contribution in [0.3, 0.4) is 0 Å². The van der Waals surface area contributed by atoms with Crippen LogP contribution in [0.25, 0.3) is 17.0 Å². The Morgan fingerprint density at radius 3 is 2.89 bits per heavy atom. The van der Waals surface area contributed by atoms with Gasteiger partial charge in [-0.15, -0.1) is 0 Å². The summed E-state index contributed by atoms with van der Waals surface area (Å²) in [5.74, 6) is 0.692. The molecule has 2 rings (SSSR count). The Balaban J connectivity index is 2.05. The van der Waals surface area contributed by atoms with E-state index in [-0.39, 0.29) is 0 Å². The maximum absolute atomic E-state index is 4.44. The summed E-state index contributed by atoms with van der Waals surface area (Å²) >= 11 is 0. The van der Waals surface area contributed by atoms with Crippen LogP contribution >= 0.6 is 0 Å². The van der Waals surface area contributed by atoms with Crippen molar-refractivity contribution in [2.45, 2.75) is 13.8 Å². The van der Waals surface area contributed by atoms with E-state index in [1.165, 1.54) is 10.9 Å². The van der Waals surface area contributed by atoms with Gasteiger partial charge < -0.3 is 5.32 Å². The Morgan fingerprint density at radius 1 is 1.22 bits per heavy atom. The number of para-hydroxylation sites is 1. The van der Waals surface area contributed by atoms with Gasteiger partial charge in [-0.2, -0.15) is 0 Å². The van der Waals surface area contributed by atoms with Crippen molar-refractivity contribution in [3.63, 3.8) is 0 Å². The summed E-state index contributed by atoms with van der Waals surface area (Å²) in [6, 6.07) is 10.3. The number of nitrogens with one attached hydrogen (secondary N) is 1. The molecule has 0 amide bonds. The van der Waals surface area contributed by atoms with Crippen molar-refractivity contribution in [3.8, 4) is 0 Å². The Hall–Kier alpha value is -1.67. The maximum Gasteiger partial charge on any atom is 0.0774 e. The molecule has 1 N–H and O–H groups in total. The Kier molecular flexibility index (Phi) is 4.48. The van der Waals surface area contributed by atoms with Gasteiger partial charge in [-0.05, 0) is 18.5 Å². The first-order valence-corrected chi connectivity index (χ1v) is 6.48. The quantitative estimate of drug-likeness (QED) is 0.809. The van der Waals surface area contributed by atoms with E-state index in [4.69, 9.17) is 0 Å². The van der Waals surface area contributed by atoms with Crippen LogP contribution in [0.15, 0.2) is 42.6 Å². The predicted octanol–water partition coefficient (Wildman–Crippen LogP) is 3.49. The number of hydrogen-bond acceptors (Lipinski definition) is 2. The lowest BCUT2D eigenvalue weighted by molar-refractivity contribution is 0.577. The monoisotopic (exact) mass is 240 g/mol. The first-order valence-electron chi connectivity index (χ1n) is 6.48. The molecule has 1 heterocycles. The summed E-state index contributed by atoms with van der Waals surface area (Å²) in [4.78, 5) is 4.44. The van der Waals surface area contributed by atoms with Crippen LogP contribution in [0.5, 0.6) is 0 Å². The average molecular weight is 240 g/mol. The predicted molar refractivity (Wildman–Crippen MR) is 78.5 cm³/mol. The van der Waals surface area contributed by atoms with Crippen molar-refractivity contribution < 1.29 is 0 Å². The molecule has 0 fully saturated rings. The highest BCUT2D eigenvalue weighted by Crippen LogP contribution is 2.16. The first-order chi connectivity index (χ1) is 8.77. The molecule has 18 heavy (non-hydrogen) atoms. The van der Waals surface area contributed by atoms with Gasteiger partial charge in [0.25, 0.3) is 0 Å². The van der Waals surface area contributed by atoms with E-state index in [0.29, 0.717) is 5.92 Å². The lowest BCUT2D eigenvalue weighted by atomic mass is 10.1. The summed E-state index contributed by atoms with van der Waals surface area (Å²) in [7, 11) is 0. The molecular formula is C16H20N2. The molecule has 94 valence electrons. The van der Waals surface area contributed by atoms with E-state index >= 15 is 0 Å². The fourth-order valence-electron chi connectivity index (χ4n) is 1.90. The van der Waals surface area contributed by atoms with E-state index in [0.717, 1.165) is 18.6 Å². The minimum atomic E-state index is 0.692. The molecule has 0 spiro atoms. The molecule has 2 aromatic rings. The largest absolute Gasteiger partial charge is 0.313 e. The molecule has 0 atom stereocenters. The number of pyridine rings is 1. The fourth-order valence-corrected chi connectivity index (χ4v) is 1.90. The maximum atomic E-state index is 4.44. The summed E-state index contributed by atoms with van der Waals surface area (Å²) in [5, 5.41) is 4.59. The second-order valence-electron chi connectivity index (χ2n) is 4.88. The minimum absolute atomic E-state index is 0.692. The third-order valence-electron chi connectivity index (χ3n) is 2.78. The highest BCUT2D eigenvalue weighted by atomic mass is 14.8. The van der Waals surface area contributed by atoms with Crippen molar-refractivity contribution in [1.29, 1.82) is 0 Å². The first kappa shape index (κ1) is 12.8. The van der Waals surface area contributed by atoms with Gasteiger partial charge in [-0.25, -0.2) is 0 Å². The number of benzene rings is 1. The van der Waals surface area contributed by atoms with Gasteiger partial charge in [0, 0.05) is 23.7 Å². The van der Waals surface area contributed by atoms with Crippen LogP contribution in [0.4, 0.5) is 0 Å². The van der Waals surface area contributed by atoms with E-state index < -0.39 is 0 Å². The molecule has 2 heteroatoms. The van der Waals surface area contributed by atoms with Gasteiger partial charge in [0.2, 0.25) is 0 Å². The van der Waals surface area contributed by atoms with Crippen molar-refractivity contribution in [2.75, 3.05) is 13.1 Å². The highest BCUT2D eigenvalue weighted by molar-refractivity contribution is 5.86. The topological polar surface area (TPSA) is 24.9 Å². The Bertz CT molecular complexity index is 524. The van der Waals surface area contributed by atoms with E-state index in [9.17, 15) is 0 Å². The number of rotatable bonds is 5. The molecule has 1 aromatic heterocycles. The van der Waals surface area contributed by atoms with Gasteiger partial charge in [0.1, 0.15) is 0 Å². The zero-order valence-electron chi connectivity index (χ0n) is 11.1. The van der Waals surface area contributed by atoms with Crippen LogP contribution in [-0.2, 0) is 0 Å². The molecule has 0 bridgehead atoms. The summed E-state index contributed by atoms with van der Waals surface area (Å²) < 4.78 is 0. The molecule has 0 saturated carbocycles.